The summed E-state index contributed by atoms with van der Waals surface area (Å²) < 4.78 is 12.5. The van der Waals surface area contributed by atoms with Gasteiger partial charge in [-0.15, -0.1) is 0 Å². The predicted molar refractivity (Wildman–Crippen MR) is 101 cm³/mol. The van der Waals surface area contributed by atoms with Crippen LogP contribution in [0.3, 0.4) is 0 Å². The van der Waals surface area contributed by atoms with Crippen molar-refractivity contribution in [3.63, 3.8) is 0 Å². The lowest BCUT2D eigenvalue weighted by Gasteiger charge is -2.37. The third-order valence-corrected chi connectivity index (χ3v) is 5.91. The maximum Gasteiger partial charge on any atom is 0.195 e. The summed E-state index contributed by atoms with van der Waals surface area (Å²) >= 11 is 6.58. The van der Waals surface area contributed by atoms with Gasteiger partial charge in [0.15, 0.2) is 5.79 Å². The van der Waals surface area contributed by atoms with Gasteiger partial charge in [-0.25, -0.2) is 0 Å². The maximum atomic E-state index is 6.58. The summed E-state index contributed by atoms with van der Waals surface area (Å²) in [6.45, 7) is 4.90. The van der Waals surface area contributed by atoms with E-state index in [2.05, 4.69) is 44.2 Å². The Morgan fingerprint density at radius 1 is 1.12 bits per heavy atom. The molecule has 2 aliphatic rings. The van der Waals surface area contributed by atoms with Crippen LogP contribution in [0.15, 0.2) is 36.4 Å². The van der Waals surface area contributed by atoms with Crippen LogP contribution in [0.1, 0.15) is 60.9 Å². The molecule has 2 aromatic rings. The van der Waals surface area contributed by atoms with Gasteiger partial charge < -0.3 is 9.47 Å². The van der Waals surface area contributed by atoms with Gasteiger partial charge in [-0.2, -0.15) is 0 Å². The highest BCUT2D eigenvalue weighted by atomic mass is 35.5. The Morgan fingerprint density at radius 3 is 2.60 bits per heavy atom. The van der Waals surface area contributed by atoms with Crippen LogP contribution in [0, 0.1) is 0 Å². The van der Waals surface area contributed by atoms with Crippen LogP contribution < -0.4 is 0 Å². The van der Waals surface area contributed by atoms with E-state index >= 15 is 0 Å². The fraction of sp³-hybridized carbons (Fsp3) is 0.455. The standard InChI is InChI=1S/C22H25ClO2/c1-3-16-6-8-17(9-7-16)13-18-19-14-24-22(12-4-5-15(2)25-22)20(19)10-11-21(18)23/h6-11,15H,3-5,12-14H2,1-2H3/t15-,22?/m1/s1. The third kappa shape index (κ3) is 3.12. The van der Waals surface area contributed by atoms with Gasteiger partial charge in [-0.05, 0) is 60.9 Å². The second-order valence-corrected chi connectivity index (χ2v) is 7.67. The minimum absolute atomic E-state index is 0.236. The first-order chi connectivity index (χ1) is 12.1. The molecule has 3 heteroatoms. The van der Waals surface area contributed by atoms with Crippen LogP contribution in [0.2, 0.25) is 5.02 Å². The number of hydrogen-bond acceptors (Lipinski definition) is 2. The largest absolute Gasteiger partial charge is 0.343 e. The van der Waals surface area contributed by atoms with Gasteiger partial charge in [-0.3, -0.25) is 0 Å². The number of benzene rings is 2. The Kier molecular flexibility index (Phi) is 4.61. The van der Waals surface area contributed by atoms with Crippen LogP contribution in [0.5, 0.6) is 0 Å². The summed E-state index contributed by atoms with van der Waals surface area (Å²) in [4.78, 5) is 0. The lowest BCUT2D eigenvalue weighted by Crippen LogP contribution is -2.36. The van der Waals surface area contributed by atoms with Gasteiger partial charge in [0.2, 0.25) is 0 Å². The number of aryl methyl sites for hydroxylation is 1. The highest BCUT2D eigenvalue weighted by Crippen LogP contribution is 2.47. The molecular weight excluding hydrogens is 332 g/mol. The minimum atomic E-state index is -0.557. The molecule has 1 unspecified atom stereocenters. The van der Waals surface area contributed by atoms with E-state index < -0.39 is 5.79 Å². The van der Waals surface area contributed by atoms with E-state index in [4.69, 9.17) is 21.1 Å². The average Bonchev–Trinajstić information content (AvgIpc) is 2.96. The van der Waals surface area contributed by atoms with Gasteiger partial charge >= 0.3 is 0 Å². The predicted octanol–water partition coefficient (Wildman–Crippen LogP) is 5.77. The molecular formula is C22H25ClO2. The number of hydrogen-bond donors (Lipinski definition) is 0. The van der Waals surface area contributed by atoms with Crippen molar-refractivity contribution >= 4 is 11.6 Å². The van der Waals surface area contributed by atoms with Crippen molar-refractivity contribution in [3.8, 4) is 0 Å². The Morgan fingerprint density at radius 2 is 1.88 bits per heavy atom. The molecule has 1 spiro atoms. The molecule has 2 aromatic carbocycles. The summed E-state index contributed by atoms with van der Waals surface area (Å²) in [6, 6.07) is 12.9. The molecule has 0 aliphatic carbocycles. The van der Waals surface area contributed by atoms with Crippen LogP contribution in [0.4, 0.5) is 0 Å². The molecule has 2 heterocycles. The van der Waals surface area contributed by atoms with E-state index in [1.54, 1.807) is 0 Å². The molecule has 0 radical (unpaired) electrons. The van der Waals surface area contributed by atoms with Gasteiger partial charge in [0.05, 0.1) is 12.7 Å². The summed E-state index contributed by atoms with van der Waals surface area (Å²) in [5.41, 5.74) is 6.23. The monoisotopic (exact) mass is 356 g/mol. The van der Waals surface area contributed by atoms with Crippen molar-refractivity contribution in [2.24, 2.45) is 0 Å². The van der Waals surface area contributed by atoms with Gasteiger partial charge in [0.1, 0.15) is 0 Å². The minimum Gasteiger partial charge on any atom is -0.343 e. The van der Waals surface area contributed by atoms with E-state index in [1.807, 2.05) is 6.07 Å². The molecule has 0 amide bonds. The summed E-state index contributed by atoms with van der Waals surface area (Å²) in [5, 5.41) is 0.822. The highest BCUT2D eigenvalue weighted by molar-refractivity contribution is 6.31. The Labute approximate surface area is 155 Å². The molecule has 2 atom stereocenters. The molecule has 2 nitrogen and oxygen atoms in total. The van der Waals surface area contributed by atoms with E-state index in [1.165, 1.54) is 27.8 Å². The summed E-state index contributed by atoms with van der Waals surface area (Å²) in [6.07, 6.45) is 5.30. The number of rotatable bonds is 3. The first kappa shape index (κ1) is 17.1. The first-order valence-corrected chi connectivity index (χ1v) is 9.69. The molecule has 0 bridgehead atoms. The van der Waals surface area contributed by atoms with Crippen LogP contribution in [0.25, 0.3) is 0 Å². The molecule has 132 valence electrons. The number of fused-ring (bicyclic) bond motifs is 2. The van der Waals surface area contributed by atoms with Crippen molar-refractivity contribution in [2.75, 3.05) is 0 Å². The molecule has 2 aliphatic heterocycles. The SMILES string of the molecule is CCc1ccc(Cc2c(Cl)ccc3c2COC32CCC[C@@H](C)O2)cc1. The molecule has 1 saturated heterocycles. The topological polar surface area (TPSA) is 18.5 Å². The van der Waals surface area contributed by atoms with Crippen LogP contribution in [-0.2, 0) is 34.7 Å². The smallest absolute Gasteiger partial charge is 0.195 e. The Balaban J connectivity index is 1.69. The second kappa shape index (κ2) is 6.75. The normalized spacial score (nSPS) is 25.3. The quantitative estimate of drug-likeness (QED) is 0.695. The molecule has 0 N–H and O–H groups in total. The third-order valence-electron chi connectivity index (χ3n) is 5.55. The van der Waals surface area contributed by atoms with Crippen molar-refractivity contribution in [1.82, 2.24) is 0 Å². The van der Waals surface area contributed by atoms with Crippen LogP contribution in [-0.4, -0.2) is 6.10 Å². The zero-order valence-electron chi connectivity index (χ0n) is 15.0. The highest BCUT2D eigenvalue weighted by Gasteiger charge is 2.45. The number of halogens is 1. The van der Waals surface area contributed by atoms with Crippen molar-refractivity contribution in [1.29, 1.82) is 0 Å². The fourth-order valence-corrected chi connectivity index (χ4v) is 4.35. The molecule has 1 fully saturated rings. The average molecular weight is 357 g/mol. The zero-order chi connectivity index (χ0) is 17.4. The fourth-order valence-electron chi connectivity index (χ4n) is 4.11. The Bertz CT molecular complexity index is 768. The molecule has 25 heavy (non-hydrogen) atoms. The lowest BCUT2D eigenvalue weighted by molar-refractivity contribution is -0.279. The summed E-state index contributed by atoms with van der Waals surface area (Å²) in [5.74, 6) is -0.557. The second-order valence-electron chi connectivity index (χ2n) is 7.26. The molecule has 0 aromatic heterocycles. The first-order valence-electron chi connectivity index (χ1n) is 9.31. The van der Waals surface area contributed by atoms with Crippen molar-refractivity contribution in [3.05, 3.63) is 69.2 Å². The zero-order valence-corrected chi connectivity index (χ0v) is 15.7. The van der Waals surface area contributed by atoms with E-state index in [-0.39, 0.29) is 6.10 Å². The molecule has 0 saturated carbocycles. The van der Waals surface area contributed by atoms with E-state index in [0.29, 0.717) is 6.61 Å². The van der Waals surface area contributed by atoms with Gasteiger partial charge in [0.25, 0.3) is 0 Å². The molecule has 4 rings (SSSR count). The van der Waals surface area contributed by atoms with E-state index in [0.717, 1.165) is 37.1 Å². The maximum absolute atomic E-state index is 6.58. The lowest BCUT2D eigenvalue weighted by atomic mass is 9.90. The van der Waals surface area contributed by atoms with Crippen molar-refractivity contribution < 1.29 is 9.47 Å². The van der Waals surface area contributed by atoms with E-state index in [9.17, 15) is 0 Å². The van der Waals surface area contributed by atoms with Crippen molar-refractivity contribution in [2.45, 2.75) is 64.4 Å². The number of ether oxygens (including phenoxy) is 2. The summed E-state index contributed by atoms with van der Waals surface area (Å²) in [7, 11) is 0. The Hall–Kier alpha value is -1.35. The van der Waals surface area contributed by atoms with Gasteiger partial charge in [0, 0.05) is 17.0 Å². The van der Waals surface area contributed by atoms with Crippen LogP contribution >= 0.6 is 11.6 Å². The van der Waals surface area contributed by atoms with Gasteiger partial charge in [-0.1, -0.05) is 48.9 Å².